The molecule has 2 amide bonds. The quantitative estimate of drug-likeness (QED) is 0.235. The van der Waals surface area contributed by atoms with E-state index >= 15 is 0 Å². The summed E-state index contributed by atoms with van der Waals surface area (Å²) in [7, 11) is 0. The van der Waals surface area contributed by atoms with E-state index in [0.29, 0.717) is 16.7 Å². The molecule has 6 nitrogen and oxygen atoms in total. The molecule has 0 saturated carbocycles. The van der Waals surface area contributed by atoms with Crippen LogP contribution >= 0.6 is 23.2 Å². The van der Waals surface area contributed by atoms with Crippen LogP contribution in [0.3, 0.4) is 0 Å². The summed E-state index contributed by atoms with van der Waals surface area (Å²) in [6, 6.07) is 15.0. The normalized spacial score (nSPS) is 13.9. The Kier molecular flexibility index (Phi) is 6.79. The first-order valence-corrected chi connectivity index (χ1v) is 11.0. The zero-order chi connectivity index (χ0) is 26.2. The number of alkyl halides is 3. The molecule has 0 aromatic heterocycles. The van der Waals surface area contributed by atoms with Crippen molar-refractivity contribution in [1.82, 2.24) is 0 Å². The van der Waals surface area contributed by atoms with Crippen LogP contribution in [0.5, 0.6) is 5.75 Å². The molecule has 0 fully saturated rings. The van der Waals surface area contributed by atoms with E-state index in [0.717, 1.165) is 17.7 Å². The van der Waals surface area contributed by atoms with E-state index in [2.05, 4.69) is 5.32 Å². The first-order chi connectivity index (χ1) is 17.0. The Labute approximate surface area is 212 Å². The van der Waals surface area contributed by atoms with Crippen LogP contribution in [0.2, 0.25) is 5.02 Å². The summed E-state index contributed by atoms with van der Waals surface area (Å²) in [5, 5.41) is 1.90. The van der Waals surface area contributed by atoms with Crippen LogP contribution in [0.4, 0.5) is 24.5 Å². The molecule has 1 aliphatic heterocycles. The molecule has 1 heterocycles. The highest BCUT2D eigenvalue weighted by atomic mass is 35.5. The molecule has 4 rings (SSSR count). The smallest absolute Gasteiger partial charge is 0.416 e. The summed E-state index contributed by atoms with van der Waals surface area (Å²) in [6.45, 7) is 1.79. The number of hydrogen-bond donors (Lipinski definition) is 1. The molecule has 0 atom stereocenters. The lowest BCUT2D eigenvalue weighted by atomic mass is 10.1. The number of amides is 2. The second-order valence-corrected chi connectivity index (χ2v) is 8.44. The predicted molar refractivity (Wildman–Crippen MR) is 128 cm³/mol. The van der Waals surface area contributed by atoms with Gasteiger partial charge in [0.2, 0.25) is 0 Å². The zero-order valence-electron chi connectivity index (χ0n) is 18.3. The highest BCUT2D eigenvalue weighted by Crippen LogP contribution is 2.38. The number of rotatable bonds is 5. The topological polar surface area (TPSA) is 75.7 Å². The van der Waals surface area contributed by atoms with Gasteiger partial charge >= 0.3 is 12.1 Å². The number of nitrogens with one attached hydrogen (secondary N) is 1. The molecule has 184 valence electrons. The molecule has 0 bridgehead atoms. The van der Waals surface area contributed by atoms with E-state index < -0.39 is 40.2 Å². The van der Waals surface area contributed by atoms with E-state index in [9.17, 15) is 27.6 Å². The van der Waals surface area contributed by atoms with Crippen LogP contribution in [0, 0.1) is 6.92 Å². The number of anilines is 2. The molecular formula is C25H15Cl2F3N2O4. The number of benzene rings is 3. The van der Waals surface area contributed by atoms with E-state index in [1.807, 2.05) is 6.07 Å². The van der Waals surface area contributed by atoms with Crippen LogP contribution in [-0.4, -0.2) is 17.8 Å². The molecule has 3 aromatic rings. The van der Waals surface area contributed by atoms with Crippen LogP contribution in [0.15, 0.2) is 77.5 Å². The standard InChI is InChI=1S/C25H15Cl2F3N2O4/c1-13-4-2-3-5-19(13)36-24(35)14-6-9-16(10-7-14)31-21-20(27)22(33)32(23(21)34)18-12-15(25(28,29)30)8-11-17(18)26/h2-12,31H,1H3. The minimum Gasteiger partial charge on any atom is -0.423 e. The van der Waals surface area contributed by atoms with Gasteiger partial charge in [-0.2, -0.15) is 13.2 Å². The molecule has 1 N–H and O–H groups in total. The van der Waals surface area contributed by atoms with Crippen LogP contribution in [-0.2, 0) is 15.8 Å². The summed E-state index contributed by atoms with van der Waals surface area (Å²) in [5.74, 6) is -2.23. The van der Waals surface area contributed by atoms with Gasteiger partial charge < -0.3 is 10.1 Å². The molecule has 0 radical (unpaired) electrons. The summed E-state index contributed by atoms with van der Waals surface area (Å²) >= 11 is 12.0. The molecule has 11 heteroatoms. The fourth-order valence-corrected chi connectivity index (χ4v) is 3.77. The van der Waals surface area contributed by atoms with Crippen molar-refractivity contribution in [1.29, 1.82) is 0 Å². The van der Waals surface area contributed by atoms with E-state index in [4.69, 9.17) is 27.9 Å². The SMILES string of the molecule is Cc1ccccc1OC(=O)c1ccc(NC2=C(Cl)C(=O)N(c3cc(C(F)(F)F)ccc3Cl)C2=O)cc1. The number of hydrogen-bond acceptors (Lipinski definition) is 5. The van der Waals surface area contributed by atoms with Crippen molar-refractivity contribution in [3.63, 3.8) is 0 Å². The Balaban J connectivity index is 1.53. The fourth-order valence-electron chi connectivity index (χ4n) is 3.35. The second-order valence-electron chi connectivity index (χ2n) is 7.66. The number of esters is 1. The third-order valence-corrected chi connectivity index (χ3v) is 5.90. The van der Waals surface area contributed by atoms with Crippen molar-refractivity contribution in [2.24, 2.45) is 0 Å². The average molecular weight is 535 g/mol. The average Bonchev–Trinajstić information content (AvgIpc) is 3.03. The third kappa shape index (κ3) is 4.93. The van der Waals surface area contributed by atoms with Crippen molar-refractivity contribution in [3.05, 3.63) is 99.2 Å². The highest BCUT2D eigenvalue weighted by molar-refractivity contribution is 6.53. The van der Waals surface area contributed by atoms with Gasteiger partial charge in [0.15, 0.2) is 0 Å². The molecule has 0 spiro atoms. The largest absolute Gasteiger partial charge is 0.423 e. The fraction of sp³-hybridized carbons (Fsp3) is 0.0800. The Morgan fingerprint density at radius 3 is 2.25 bits per heavy atom. The monoisotopic (exact) mass is 534 g/mol. The van der Waals surface area contributed by atoms with Gasteiger partial charge in [-0.15, -0.1) is 0 Å². The maximum absolute atomic E-state index is 13.1. The van der Waals surface area contributed by atoms with Gasteiger partial charge in [0.25, 0.3) is 11.8 Å². The summed E-state index contributed by atoms with van der Waals surface area (Å²) in [6.07, 6.45) is -4.72. The zero-order valence-corrected chi connectivity index (χ0v) is 19.8. The summed E-state index contributed by atoms with van der Waals surface area (Å²) < 4.78 is 44.8. The van der Waals surface area contributed by atoms with Crippen molar-refractivity contribution in [3.8, 4) is 5.75 Å². The van der Waals surface area contributed by atoms with Crippen LogP contribution in [0.1, 0.15) is 21.5 Å². The maximum atomic E-state index is 13.1. The van der Waals surface area contributed by atoms with Crippen molar-refractivity contribution in [2.75, 3.05) is 10.2 Å². The van der Waals surface area contributed by atoms with Gasteiger partial charge in [-0.3, -0.25) is 9.59 Å². The highest BCUT2D eigenvalue weighted by Gasteiger charge is 2.41. The first kappa shape index (κ1) is 25.3. The van der Waals surface area contributed by atoms with E-state index in [1.165, 1.54) is 24.3 Å². The lowest BCUT2D eigenvalue weighted by molar-refractivity contribution is -0.137. The second kappa shape index (κ2) is 9.67. The molecular weight excluding hydrogens is 520 g/mol. The molecule has 3 aromatic carbocycles. The number of para-hydroxylation sites is 1. The van der Waals surface area contributed by atoms with Gasteiger partial charge in [0.1, 0.15) is 16.5 Å². The maximum Gasteiger partial charge on any atom is 0.416 e. The predicted octanol–water partition coefficient (Wildman–Crippen LogP) is 6.32. The van der Waals surface area contributed by atoms with Crippen molar-refractivity contribution < 1.29 is 32.3 Å². The van der Waals surface area contributed by atoms with Gasteiger partial charge in [0.05, 0.1) is 21.8 Å². The summed E-state index contributed by atoms with van der Waals surface area (Å²) in [4.78, 5) is 38.5. The lowest BCUT2D eigenvalue weighted by Crippen LogP contribution is -2.32. The van der Waals surface area contributed by atoms with Crippen molar-refractivity contribution >= 4 is 52.4 Å². The number of nitrogens with zero attached hydrogens (tertiary/aromatic N) is 1. The van der Waals surface area contributed by atoms with Crippen molar-refractivity contribution in [2.45, 2.75) is 13.1 Å². The van der Waals surface area contributed by atoms with Crippen LogP contribution in [0.25, 0.3) is 0 Å². The Morgan fingerprint density at radius 1 is 0.944 bits per heavy atom. The minimum atomic E-state index is -4.72. The van der Waals surface area contributed by atoms with Gasteiger partial charge in [-0.1, -0.05) is 41.4 Å². The van der Waals surface area contributed by atoms with E-state index in [1.54, 1.807) is 25.1 Å². The number of halogens is 5. The molecule has 0 saturated heterocycles. The van der Waals surface area contributed by atoms with Gasteiger partial charge in [-0.05, 0) is 61.0 Å². The number of imide groups is 1. The molecule has 0 aliphatic carbocycles. The number of carbonyl (C=O) groups excluding carboxylic acids is 3. The molecule has 36 heavy (non-hydrogen) atoms. The minimum absolute atomic E-state index is 0.218. The third-order valence-electron chi connectivity index (χ3n) is 5.23. The molecule has 0 unspecified atom stereocenters. The Bertz CT molecular complexity index is 1420. The van der Waals surface area contributed by atoms with E-state index in [-0.39, 0.29) is 22.0 Å². The lowest BCUT2D eigenvalue weighted by Gasteiger charge is -2.18. The number of carbonyl (C=O) groups is 3. The number of ether oxygens (including phenoxy) is 1. The van der Waals surface area contributed by atoms with Gasteiger partial charge in [-0.25, -0.2) is 9.69 Å². The number of aryl methyl sites for hydroxylation is 1. The Hall–Kier alpha value is -3.82. The Morgan fingerprint density at radius 2 is 1.61 bits per heavy atom. The van der Waals surface area contributed by atoms with Gasteiger partial charge in [0, 0.05) is 5.69 Å². The summed E-state index contributed by atoms with van der Waals surface area (Å²) in [5.41, 5.74) is -0.617. The molecule has 1 aliphatic rings. The van der Waals surface area contributed by atoms with Crippen LogP contribution < -0.4 is 15.0 Å². The first-order valence-electron chi connectivity index (χ1n) is 10.3.